The molecule has 0 bridgehead atoms. The van der Waals surface area contributed by atoms with E-state index in [9.17, 15) is 28.8 Å². The van der Waals surface area contributed by atoms with E-state index in [4.69, 9.17) is 63.7 Å². The lowest BCUT2D eigenvalue weighted by atomic mass is 9.68. The molecule has 0 aliphatic heterocycles. The van der Waals surface area contributed by atoms with Crippen LogP contribution in [0.2, 0.25) is 0 Å². The van der Waals surface area contributed by atoms with Crippen LogP contribution >= 0.6 is 82.8 Å². The molecule has 20 heteroatoms. The zero-order chi connectivity index (χ0) is 76.9. The van der Waals surface area contributed by atoms with Crippen molar-refractivity contribution in [3.8, 4) is 0 Å². The molecule has 0 saturated heterocycles. The number of rotatable bonds is 26. The summed E-state index contributed by atoms with van der Waals surface area (Å²) in [6.07, 6.45) is 18.6. The summed E-state index contributed by atoms with van der Waals surface area (Å²) in [6, 6.07) is 45.1. The smallest absolute Gasteiger partial charge is 0.270 e. The highest BCUT2D eigenvalue weighted by atomic mass is 35.5. The van der Waals surface area contributed by atoms with Crippen LogP contribution in [0.25, 0.3) is 0 Å². The fraction of sp³-hybridized carbons (Fsp3) is 0.547. The molecule has 0 radical (unpaired) electrons. The van der Waals surface area contributed by atoms with Gasteiger partial charge < -0.3 is 21.3 Å². The third kappa shape index (κ3) is 37.4. The van der Waals surface area contributed by atoms with Gasteiger partial charge in [0.15, 0.2) is 0 Å². The summed E-state index contributed by atoms with van der Waals surface area (Å²) in [7, 11) is 0. The van der Waals surface area contributed by atoms with Crippen molar-refractivity contribution in [1.82, 2.24) is 30.5 Å². The van der Waals surface area contributed by atoms with Gasteiger partial charge in [0.1, 0.15) is 34.4 Å². The van der Waals surface area contributed by atoms with Crippen molar-refractivity contribution in [3.63, 3.8) is 0 Å². The lowest BCUT2D eigenvalue weighted by Gasteiger charge is -2.36. The Kier molecular flexibility index (Phi) is 52.9. The number of alkyl halides is 4. The summed E-state index contributed by atoms with van der Waals surface area (Å²) in [4.78, 5) is 89.3. The van der Waals surface area contributed by atoms with Crippen molar-refractivity contribution in [1.29, 1.82) is 0 Å². The Hall–Kier alpha value is -5.32. The zero-order valence-corrected chi connectivity index (χ0v) is 70.3. The average Bonchev–Trinajstić information content (AvgIpc) is 0.841. The van der Waals surface area contributed by atoms with Gasteiger partial charge in [-0.15, -0.1) is 71.2 Å². The first-order valence-electron chi connectivity index (χ1n) is 37.9. The number of Topliss-reactive ketones (excluding diaryl/α,β-unsaturated/α-hetero) is 3. The summed E-state index contributed by atoms with van der Waals surface area (Å²) in [5.41, 5.74) is 10.5. The first-order chi connectivity index (χ1) is 49.9. The number of nitrogens with one attached hydrogen (secondary N) is 2. The number of halogens is 7. The minimum atomic E-state index is -0.518. The normalized spacial score (nSPS) is 20.1. The van der Waals surface area contributed by atoms with Crippen LogP contribution in [-0.4, -0.2) is 84.6 Å². The molecular formula is C86H124Cl7N7O6. The lowest BCUT2D eigenvalue weighted by Crippen LogP contribution is -2.34. The lowest BCUT2D eigenvalue weighted by molar-refractivity contribution is -0.128. The van der Waals surface area contributed by atoms with E-state index in [1.54, 1.807) is 67.0 Å². The van der Waals surface area contributed by atoms with Crippen LogP contribution in [0.3, 0.4) is 0 Å². The monoisotopic (exact) mass is 1600 g/mol. The molecule has 3 aromatic heterocycles. The summed E-state index contributed by atoms with van der Waals surface area (Å²) >= 11 is 24.2. The Labute approximate surface area is 674 Å². The predicted molar refractivity (Wildman–Crippen MR) is 448 cm³/mol. The van der Waals surface area contributed by atoms with E-state index in [1.165, 1.54) is 51.5 Å². The van der Waals surface area contributed by atoms with Crippen molar-refractivity contribution in [2.75, 3.05) is 30.3 Å². The van der Waals surface area contributed by atoms with E-state index < -0.39 is 5.24 Å². The number of pyridine rings is 3. The summed E-state index contributed by atoms with van der Waals surface area (Å²) in [5, 5.41) is 6.06. The quantitative estimate of drug-likeness (QED) is 0.0345. The molecule has 3 aromatic carbocycles. The van der Waals surface area contributed by atoms with E-state index in [-0.39, 0.29) is 83.2 Å². The average molecular weight is 1600 g/mol. The predicted octanol–water partition coefficient (Wildman–Crippen LogP) is 22.5. The SMILES string of the molecule is CC(C)[C@@H]1CC[C@@H](C)C[C@H]1C(=O)CC[C@@H](N)c1ccccc1.CC(C)[C@@H]1CC[C@@H](C)C[C@H]1C(=O)CC[C@@H](NC(=O)c1ccccn1)c1ccccc1.CC(C)[C@@H]1CC[C@@H](C)C[C@H]1C(=O)CC[C@@H](NC(=O)c1ccccn1)c1ccccc1.CCN(CC)CC.Cl.Cl.ClCCl.ClCCl.O=C(Cl)c1ccccn1. The number of carbonyl (C=O) groups excluding carboxylic acids is 6. The number of nitrogens with two attached hydrogens (primary N) is 1. The summed E-state index contributed by atoms with van der Waals surface area (Å²) < 4.78 is 0. The van der Waals surface area contributed by atoms with Crippen LogP contribution < -0.4 is 16.4 Å². The minimum Gasteiger partial charge on any atom is -0.344 e. The van der Waals surface area contributed by atoms with E-state index in [1.807, 2.05) is 78.9 Å². The summed E-state index contributed by atoms with van der Waals surface area (Å²) in [5.74, 6) is 6.39. The van der Waals surface area contributed by atoms with E-state index in [2.05, 4.69) is 126 Å². The molecule has 9 rings (SSSR count). The Balaban J connectivity index is 0.000000693. The molecule has 106 heavy (non-hydrogen) atoms. The second-order valence-electron chi connectivity index (χ2n) is 28.9. The van der Waals surface area contributed by atoms with E-state index >= 15 is 0 Å². The minimum absolute atomic E-state index is 0. The zero-order valence-electron chi connectivity index (χ0n) is 64.9. The van der Waals surface area contributed by atoms with Crippen LogP contribution in [-0.2, 0) is 14.4 Å². The number of carbonyl (C=O) groups is 6. The molecule has 0 spiro atoms. The Morgan fingerprint density at radius 2 is 0.698 bits per heavy atom. The standard InChI is InChI=1S/2C26H34N2O2.C20H31NO.C6H4ClNO.C6H15N.2CH2Cl2.2ClH/c2*1-18(2)21-13-12-19(3)17-22(21)25(29)15-14-23(20-9-5-4-6-10-20)28-26(30)24-11-7-8-16-27-24;1-14(2)17-10-9-15(3)13-18(17)20(22)12-11-19(21)16-7-5-4-6-8-16;7-6(9)5-3-1-2-4-8-5;1-4-7(5-2)6-3;2*2-1-3;;/h2*4-11,16,18-19,21-23H,12-15,17H2,1-3H3,(H,28,30);4-8,14-15,17-19H,9-13,21H2,1-3H3;1-4H;4-6H2,1-3H3;2*1H2;2*1H/t2*19-,21+,22-,23-;15-,17+,18-,19-;;;;;;/m111....../s1. The van der Waals surface area contributed by atoms with Gasteiger partial charge in [-0.2, -0.15) is 0 Å². The molecule has 13 nitrogen and oxygen atoms in total. The van der Waals surface area contributed by atoms with Gasteiger partial charge in [0.2, 0.25) is 0 Å². The van der Waals surface area contributed by atoms with Gasteiger partial charge in [0, 0.05) is 61.6 Å². The van der Waals surface area contributed by atoms with Crippen LogP contribution in [0.1, 0.15) is 246 Å². The van der Waals surface area contributed by atoms with Crippen LogP contribution in [0.5, 0.6) is 0 Å². The van der Waals surface area contributed by atoms with Crippen molar-refractivity contribution < 1.29 is 28.8 Å². The van der Waals surface area contributed by atoms with Crippen LogP contribution in [0, 0.1) is 71.0 Å². The van der Waals surface area contributed by atoms with Crippen molar-refractivity contribution in [2.45, 2.75) is 198 Å². The number of benzene rings is 3. The van der Waals surface area contributed by atoms with Gasteiger partial charge in [0.05, 0.1) is 22.8 Å². The fourth-order valence-electron chi connectivity index (χ4n) is 14.6. The first-order valence-corrected chi connectivity index (χ1v) is 40.4. The molecule has 588 valence electrons. The molecule has 3 aliphatic carbocycles. The second kappa shape index (κ2) is 56.8. The molecule has 4 N–H and O–H groups in total. The largest absolute Gasteiger partial charge is 0.344 e. The third-order valence-electron chi connectivity index (χ3n) is 20.6. The molecule has 2 amide bonds. The highest BCUT2D eigenvalue weighted by Crippen LogP contribution is 2.42. The first kappa shape index (κ1) is 98.7. The Bertz CT molecular complexity index is 3150. The molecule has 3 aliphatic rings. The van der Waals surface area contributed by atoms with Gasteiger partial charge >= 0.3 is 0 Å². The number of aromatic nitrogens is 3. The van der Waals surface area contributed by atoms with Crippen molar-refractivity contribution in [2.24, 2.45) is 76.7 Å². The fourth-order valence-corrected chi connectivity index (χ4v) is 14.7. The molecular weight excluding hydrogens is 1480 g/mol. The third-order valence-corrected chi connectivity index (χ3v) is 20.8. The van der Waals surface area contributed by atoms with E-state index in [0.717, 1.165) is 55.2 Å². The maximum atomic E-state index is 13.2. The van der Waals surface area contributed by atoms with E-state index in [0.29, 0.717) is 120 Å². The molecule has 12 atom stereocenters. The Morgan fingerprint density at radius 1 is 0.425 bits per heavy atom. The van der Waals surface area contributed by atoms with Gasteiger partial charge in [-0.1, -0.05) is 212 Å². The van der Waals surface area contributed by atoms with Gasteiger partial charge in [-0.3, -0.25) is 43.7 Å². The maximum absolute atomic E-state index is 13.2. The molecule has 6 aromatic rings. The number of hydrogen-bond acceptors (Lipinski definition) is 11. The number of hydrogen-bond donors (Lipinski definition) is 3. The second-order valence-corrected chi connectivity index (χ2v) is 30.9. The maximum Gasteiger partial charge on any atom is 0.270 e. The highest BCUT2D eigenvalue weighted by Gasteiger charge is 2.38. The highest BCUT2D eigenvalue weighted by molar-refractivity contribution is 6.67. The van der Waals surface area contributed by atoms with Crippen LogP contribution in [0.4, 0.5) is 0 Å². The molecule has 0 unspecified atom stereocenters. The van der Waals surface area contributed by atoms with Gasteiger partial charge in [-0.25, -0.2) is 0 Å². The number of amides is 2. The van der Waals surface area contributed by atoms with Gasteiger partial charge in [0.25, 0.3) is 17.1 Å². The molecule has 3 heterocycles. The van der Waals surface area contributed by atoms with Gasteiger partial charge in [-0.05, 0) is 195 Å². The number of nitrogens with zero attached hydrogens (tertiary/aromatic N) is 4. The van der Waals surface area contributed by atoms with Crippen molar-refractivity contribution in [3.05, 3.63) is 198 Å². The number of ketones is 3. The molecule has 3 saturated carbocycles. The van der Waals surface area contributed by atoms with Crippen molar-refractivity contribution >= 4 is 117 Å². The molecule has 3 fully saturated rings. The Morgan fingerprint density at radius 3 is 0.943 bits per heavy atom. The topological polar surface area (TPSA) is 194 Å². The van der Waals surface area contributed by atoms with Crippen LogP contribution in [0.15, 0.2) is 164 Å². The summed E-state index contributed by atoms with van der Waals surface area (Å²) in [6.45, 7) is 30.4.